The minimum Gasteiger partial charge on any atom is -0.336 e. The minimum atomic E-state index is -0.0818. The predicted octanol–water partition coefficient (Wildman–Crippen LogP) is 4.05. The summed E-state index contributed by atoms with van der Waals surface area (Å²) in [5.74, 6) is 1.13. The number of aromatic nitrogens is 1. The SMILES string of the molecule is Cc1nc(CSc2ccccc2C(=O)N2CCN(C(C#N)C(C)C)CC2)cs1. The Morgan fingerprint density at radius 2 is 2.00 bits per heavy atom. The Hall–Kier alpha value is -1.88. The molecule has 3 rings (SSSR count). The van der Waals surface area contributed by atoms with E-state index in [0.29, 0.717) is 19.0 Å². The fraction of sp³-hybridized carbons (Fsp3) is 0.476. The van der Waals surface area contributed by atoms with Gasteiger partial charge >= 0.3 is 0 Å². The maximum Gasteiger partial charge on any atom is 0.255 e. The van der Waals surface area contributed by atoms with E-state index in [-0.39, 0.29) is 11.9 Å². The van der Waals surface area contributed by atoms with E-state index in [0.717, 1.165) is 40.0 Å². The van der Waals surface area contributed by atoms with Gasteiger partial charge in [-0.15, -0.1) is 23.1 Å². The molecule has 0 saturated carbocycles. The van der Waals surface area contributed by atoms with Gasteiger partial charge in [-0.1, -0.05) is 26.0 Å². The van der Waals surface area contributed by atoms with Crippen LogP contribution < -0.4 is 0 Å². The number of piperazine rings is 1. The molecule has 148 valence electrons. The van der Waals surface area contributed by atoms with Gasteiger partial charge in [-0.25, -0.2) is 4.98 Å². The monoisotopic (exact) mass is 414 g/mol. The second-order valence-electron chi connectivity index (χ2n) is 7.29. The Morgan fingerprint density at radius 1 is 1.29 bits per heavy atom. The molecule has 1 aliphatic rings. The maximum absolute atomic E-state index is 13.1. The number of hydrogen-bond acceptors (Lipinski definition) is 6. The molecule has 1 saturated heterocycles. The third-order valence-corrected chi connectivity index (χ3v) is 6.85. The molecule has 2 aromatic rings. The van der Waals surface area contributed by atoms with Crippen LogP contribution in [0.1, 0.15) is 34.9 Å². The van der Waals surface area contributed by atoms with Gasteiger partial charge in [0, 0.05) is 42.2 Å². The summed E-state index contributed by atoms with van der Waals surface area (Å²) in [6.07, 6.45) is 0. The van der Waals surface area contributed by atoms with Crippen molar-refractivity contribution in [3.05, 3.63) is 45.9 Å². The van der Waals surface area contributed by atoms with Crippen LogP contribution >= 0.6 is 23.1 Å². The summed E-state index contributed by atoms with van der Waals surface area (Å²) in [6.45, 7) is 8.96. The highest BCUT2D eigenvalue weighted by Crippen LogP contribution is 2.28. The number of thiazole rings is 1. The molecule has 5 nitrogen and oxygen atoms in total. The molecule has 1 amide bonds. The molecule has 0 radical (unpaired) electrons. The zero-order chi connectivity index (χ0) is 20.1. The Bertz CT molecular complexity index is 850. The highest BCUT2D eigenvalue weighted by Gasteiger charge is 2.28. The van der Waals surface area contributed by atoms with Crippen LogP contribution in [0.3, 0.4) is 0 Å². The van der Waals surface area contributed by atoms with Crippen LogP contribution in [0.15, 0.2) is 34.5 Å². The molecule has 2 heterocycles. The molecule has 0 bridgehead atoms. The Kier molecular flexibility index (Phi) is 7.11. The van der Waals surface area contributed by atoms with Crippen LogP contribution in [0.25, 0.3) is 0 Å². The van der Waals surface area contributed by atoms with Gasteiger partial charge in [0.25, 0.3) is 5.91 Å². The molecule has 1 aromatic carbocycles. The molecular formula is C21H26N4OS2. The van der Waals surface area contributed by atoms with Gasteiger partial charge in [0.15, 0.2) is 0 Å². The Balaban J connectivity index is 1.64. The van der Waals surface area contributed by atoms with Crippen LogP contribution in [-0.4, -0.2) is 52.9 Å². The van der Waals surface area contributed by atoms with Crippen molar-refractivity contribution in [1.29, 1.82) is 5.26 Å². The summed E-state index contributed by atoms with van der Waals surface area (Å²) >= 11 is 3.31. The average molecular weight is 415 g/mol. The van der Waals surface area contributed by atoms with Gasteiger partial charge in [-0.3, -0.25) is 9.69 Å². The van der Waals surface area contributed by atoms with Gasteiger partial charge in [0.05, 0.1) is 22.3 Å². The van der Waals surface area contributed by atoms with Crippen molar-refractivity contribution in [3.8, 4) is 6.07 Å². The first kappa shape index (κ1) is 20.8. The number of carbonyl (C=O) groups excluding carboxylic acids is 1. The minimum absolute atomic E-state index is 0.0789. The first-order valence-electron chi connectivity index (χ1n) is 9.55. The molecule has 28 heavy (non-hydrogen) atoms. The lowest BCUT2D eigenvalue weighted by atomic mass is 10.0. The summed E-state index contributed by atoms with van der Waals surface area (Å²) in [6, 6.07) is 10.1. The van der Waals surface area contributed by atoms with Crippen LogP contribution in [0.4, 0.5) is 0 Å². The summed E-state index contributed by atoms with van der Waals surface area (Å²) in [7, 11) is 0. The zero-order valence-corrected chi connectivity index (χ0v) is 18.2. The van der Waals surface area contributed by atoms with Crippen molar-refractivity contribution in [2.75, 3.05) is 26.2 Å². The number of nitrogens with zero attached hydrogens (tertiary/aromatic N) is 4. The van der Waals surface area contributed by atoms with Crippen molar-refractivity contribution in [2.45, 2.75) is 37.5 Å². The second kappa shape index (κ2) is 9.55. The predicted molar refractivity (Wildman–Crippen MR) is 115 cm³/mol. The molecule has 1 aliphatic heterocycles. The molecule has 7 heteroatoms. The number of amides is 1. The van der Waals surface area contributed by atoms with Gasteiger partial charge in [0.2, 0.25) is 0 Å². The van der Waals surface area contributed by atoms with Crippen molar-refractivity contribution in [3.63, 3.8) is 0 Å². The van der Waals surface area contributed by atoms with E-state index < -0.39 is 0 Å². The molecule has 0 aliphatic carbocycles. The number of hydrogen-bond donors (Lipinski definition) is 0. The molecule has 1 fully saturated rings. The topological polar surface area (TPSA) is 60.2 Å². The highest BCUT2D eigenvalue weighted by atomic mass is 32.2. The number of carbonyl (C=O) groups is 1. The van der Waals surface area contributed by atoms with Gasteiger partial charge in [-0.2, -0.15) is 5.26 Å². The number of thioether (sulfide) groups is 1. The fourth-order valence-electron chi connectivity index (χ4n) is 3.42. The standard InChI is InChI=1S/C21H26N4OS2/c1-15(2)19(12-22)24-8-10-25(11-9-24)21(26)18-6-4-5-7-20(18)28-14-17-13-27-16(3)23-17/h4-7,13,15,19H,8-11,14H2,1-3H3. The summed E-state index contributed by atoms with van der Waals surface area (Å²) in [4.78, 5) is 22.7. The van der Waals surface area contributed by atoms with Crippen LogP contribution in [0, 0.1) is 24.2 Å². The molecule has 1 atom stereocenters. The zero-order valence-electron chi connectivity index (χ0n) is 16.6. The van der Waals surface area contributed by atoms with Gasteiger partial charge in [0.1, 0.15) is 6.04 Å². The van der Waals surface area contributed by atoms with Crippen LogP contribution in [0.2, 0.25) is 0 Å². The van der Waals surface area contributed by atoms with Crippen molar-refractivity contribution in [2.24, 2.45) is 5.92 Å². The van der Waals surface area contributed by atoms with E-state index in [2.05, 4.69) is 35.2 Å². The first-order chi connectivity index (χ1) is 13.5. The van der Waals surface area contributed by atoms with E-state index in [1.807, 2.05) is 36.1 Å². The lowest BCUT2D eigenvalue weighted by Crippen LogP contribution is -2.52. The van der Waals surface area contributed by atoms with Gasteiger partial charge in [-0.05, 0) is 25.0 Å². The quantitative estimate of drug-likeness (QED) is 0.668. The van der Waals surface area contributed by atoms with Gasteiger partial charge < -0.3 is 4.90 Å². The second-order valence-corrected chi connectivity index (χ2v) is 9.37. The highest BCUT2D eigenvalue weighted by molar-refractivity contribution is 7.98. The smallest absolute Gasteiger partial charge is 0.255 e. The normalized spacial score (nSPS) is 16.2. The summed E-state index contributed by atoms with van der Waals surface area (Å²) < 4.78 is 0. The van der Waals surface area contributed by atoms with Crippen molar-refractivity contribution >= 4 is 29.0 Å². The van der Waals surface area contributed by atoms with E-state index in [1.54, 1.807) is 23.1 Å². The Labute approximate surface area is 175 Å². The summed E-state index contributed by atoms with van der Waals surface area (Å²) in [5.41, 5.74) is 1.81. The first-order valence-corrected chi connectivity index (χ1v) is 11.4. The molecule has 0 spiro atoms. The number of nitriles is 1. The fourth-order valence-corrected chi connectivity index (χ4v) is 5.08. The largest absolute Gasteiger partial charge is 0.336 e. The molecule has 1 unspecified atom stereocenters. The Morgan fingerprint density at radius 3 is 2.61 bits per heavy atom. The number of aryl methyl sites for hydroxylation is 1. The van der Waals surface area contributed by atoms with Crippen molar-refractivity contribution in [1.82, 2.24) is 14.8 Å². The average Bonchev–Trinajstić information content (AvgIpc) is 3.12. The van der Waals surface area contributed by atoms with E-state index in [1.165, 1.54) is 0 Å². The maximum atomic E-state index is 13.1. The van der Waals surface area contributed by atoms with E-state index in [4.69, 9.17) is 0 Å². The molecule has 1 aromatic heterocycles. The van der Waals surface area contributed by atoms with Crippen molar-refractivity contribution < 1.29 is 4.79 Å². The van der Waals surface area contributed by atoms with E-state index >= 15 is 0 Å². The number of rotatable bonds is 6. The third kappa shape index (κ3) is 4.93. The summed E-state index contributed by atoms with van der Waals surface area (Å²) in [5, 5.41) is 12.6. The lowest BCUT2D eigenvalue weighted by molar-refractivity contribution is 0.0573. The van der Waals surface area contributed by atoms with Crippen LogP contribution in [0.5, 0.6) is 0 Å². The lowest BCUT2D eigenvalue weighted by Gasteiger charge is -2.38. The molecule has 0 N–H and O–H groups in total. The third-order valence-electron chi connectivity index (χ3n) is 4.92. The molecular weight excluding hydrogens is 388 g/mol. The van der Waals surface area contributed by atoms with E-state index in [9.17, 15) is 10.1 Å². The number of benzene rings is 1. The van der Waals surface area contributed by atoms with Crippen LogP contribution in [-0.2, 0) is 5.75 Å².